The molecular weight excluding hydrogens is 298 g/mol. The molecule has 0 saturated carbocycles. The average Bonchev–Trinajstić information content (AvgIpc) is 2.62. The van der Waals surface area contributed by atoms with Gasteiger partial charge in [0, 0.05) is 6.54 Å². The summed E-state index contributed by atoms with van der Waals surface area (Å²) in [5.41, 5.74) is 2.48. The first kappa shape index (κ1) is 15.2. The summed E-state index contributed by atoms with van der Waals surface area (Å²) >= 11 is 0. The lowest BCUT2D eigenvalue weighted by Gasteiger charge is -2.33. The quantitative estimate of drug-likeness (QED) is 0.674. The van der Waals surface area contributed by atoms with Gasteiger partial charge in [-0.15, -0.1) is 0 Å². The number of piperidine rings is 1. The third-order valence-corrected chi connectivity index (χ3v) is 4.94. The van der Waals surface area contributed by atoms with E-state index >= 15 is 0 Å². The first-order chi connectivity index (χ1) is 11.6. The average molecular weight is 319 g/mol. The van der Waals surface area contributed by atoms with Crippen LogP contribution in [-0.2, 0) is 5.60 Å². The van der Waals surface area contributed by atoms with E-state index in [1.165, 1.54) is 0 Å². The molecule has 1 atom stereocenters. The largest absolute Gasteiger partial charge is 0.508 e. The highest BCUT2D eigenvalue weighted by molar-refractivity contribution is 5.88. The van der Waals surface area contributed by atoms with Gasteiger partial charge in [-0.25, -0.2) is 0 Å². The molecule has 1 heterocycles. The molecule has 0 radical (unpaired) electrons. The number of phenolic OH excluding ortho intramolecular Hbond substituents is 1. The standard InChI is InChI=1S/C21H21NO2/c23-20-9-6-17-12-16(2-3-18(17)13-20)15-4-7-19(8-5-15)21(24)10-1-11-22-14-21/h2-9,12-13,22-24H,1,10-11,14H2. The summed E-state index contributed by atoms with van der Waals surface area (Å²) in [6.45, 7) is 1.60. The minimum Gasteiger partial charge on any atom is -0.508 e. The van der Waals surface area contributed by atoms with Gasteiger partial charge >= 0.3 is 0 Å². The maximum absolute atomic E-state index is 10.8. The van der Waals surface area contributed by atoms with Crippen molar-refractivity contribution in [3.63, 3.8) is 0 Å². The summed E-state index contributed by atoms with van der Waals surface area (Å²) in [6, 6.07) is 19.8. The van der Waals surface area contributed by atoms with E-state index in [1.807, 2.05) is 24.3 Å². The van der Waals surface area contributed by atoms with Crippen LogP contribution in [0.3, 0.4) is 0 Å². The van der Waals surface area contributed by atoms with Crippen LogP contribution >= 0.6 is 0 Å². The number of phenols is 1. The lowest BCUT2D eigenvalue weighted by molar-refractivity contribution is 0.0123. The van der Waals surface area contributed by atoms with Gasteiger partial charge in [-0.05, 0) is 65.0 Å². The van der Waals surface area contributed by atoms with Gasteiger partial charge in [0.1, 0.15) is 11.4 Å². The molecule has 1 unspecified atom stereocenters. The van der Waals surface area contributed by atoms with Crippen molar-refractivity contribution in [1.29, 1.82) is 0 Å². The molecule has 3 N–H and O–H groups in total. The van der Waals surface area contributed by atoms with Gasteiger partial charge in [-0.1, -0.05) is 42.5 Å². The highest BCUT2D eigenvalue weighted by atomic mass is 16.3. The van der Waals surface area contributed by atoms with E-state index in [0.717, 1.165) is 46.8 Å². The van der Waals surface area contributed by atoms with Crippen LogP contribution in [0.4, 0.5) is 0 Å². The summed E-state index contributed by atoms with van der Waals surface area (Å²) < 4.78 is 0. The van der Waals surface area contributed by atoms with Crippen LogP contribution in [0.1, 0.15) is 18.4 Å². The van der Waals surface area contributed by atoms with Gasteiger partial charge < -0.3 is 15.5 Å². The van der Waals surface area contributed by atoms with Crippen molar-refractivity contribution in [3.8, 4) is 16.9 Å². The summed E-state index contributed by atoms with van der Waals surface area (Å²) in [7, 11) is 0. The van der Waals surface area contributed by atoms with Crippen LogP contribution in [0.2, 0.25) is 0 Å². The van der Waals surface area contributed by atoms with Gasteiger partial charge in [0.05, 0.1) is 0 Å². The Kier molecular flexibility index (Phi) is 3.75. The molecule has 122 valence electrons. The topological polar surface area (TPSA) is 52.5 Å². The van der Waals surface area contributed by atoms with E-state index < -0.39 is 5.60 Å². The van der Waals surface area contributed by atoms with E-state index in [2.05, 4.69) is 29.6 Å². The second-order valence-electron chi connectivity index (χ2n) is 6.64. The van der Waals surface area contributed by atoms with Crippen LogP contribution in [0, 0.1) is 0 Å². The molecule has 1 aliphatic rings. The third-order valence-electron chi connectivity index (χ3n) is 4.94. The molecule has 0 amide bonds. The van der Waals surface area contributed by atoms with E-state index in [-0.39, 0.29) is 5.75 Å². The van der Waals surface area contributed by atoms with Gasteiger partial charge in [0.15, 0.2) is 0 Å². The number of fused-ring (bicyclic) bond motifs is 1. The molecule has 4 rings (SSSR count). The Morgan fingerprint density at radius 1 is 0.833 bits per heavy atom. The molecule has 3 aromatic rings. The summed E-state index contributed by atoms with van der Waals surface area (Å²) in [6.07, 6.45) is 1.80. The first-order valence-corrected chi connectivity index (χ1v) is 8.41. The Bertz CT molecular complexity index is 865. The Morgan fingerprint density at radius 3 is 2.29 bits per heavy atom. The Balaban J connectivity index is 1.66. The number of aromatic hydroxyl groups is 1. The Labute approximate surface area is 141 Å². The number of benzene rings is 3. The first-order valence-electron chi connectivity index (χ1n) is 8.41. The van der Waals surface area contributed by atoms with Crippen molar-refractivity contribution < 1.29 is 10.2 Å². The van der Waals surface area contributed by atoms with Crippen molar-refractivity contribution in [2.45, 2.75) is 18.4 Å². The number of hydrogen-bond donors (Lipinski definition) is 3. The van der Waals surface area contributed by atoms with E-state index in [4.69, 9.17) is 0 Å². The van der Waals surface area contributed by atoms with Crippen LogP contribution in [0.5, 0.6) is 5.75 Å². The minimum atomic E-state index is -0.752. The Morgan fingerprint density at radius 2 is 1.54 bits per heavy atom. The van der Waals surface area contributed by atoms with Crippen LogP contribution < -0.4 is 5.32 Å². The summed E-state index contributed by atoms with van der Waals surface area (Å²) in [5.74, 6) is 0.286. The molecule has 0 aliphatic carbocycles. The molecule has 24 heavy (non-hydrogen) atoms. The highest BCUT2D eigenvalue weighted by Gasteiger charge is 2.30. The SMILES string of the molecule is Oc1ccc2cc(-c3ccc(C4(O)CCCNC4)cc3)ccc2c1. The fourth-order valence-corrected chi connectivity index (χ4v) is 3.52. The monoisotopic (exact) mass is 319 g/mol. The molecule has 1 aliphatic heterocycles. The fraction of sp³-hybridized carbons (Fsp3) is 0.238. The number of β-amino-alcohol motifs (C(OH)–C–C–N with tert-alkyl or cyclic N) is 1. The van der Waals surface area contributed by atoms with Crippen molar-refractivity contribution in [3.05, 3.63) is 66.2 Å². The lowest BCUT2D eigenvalue weighted by Crippen LogP contribution is -2.43. The molecular formula is C21H21NO2. The van der Waals surface area contributed by atoms with Gasteiger partial charge in [-0.3, -0.25) is 0 Å². The number of aliphatic hydroxyl groups is 1. The molecule has 1 fully saturated rings. The zero-order valence-electron chi connectivity index (χ0n) is 13.5. The molecule has 0 bridgehead atoms. The maximum atomic E-state index is 10.8. The van der Waals surface area contributed by atoms with E-state index in [1.54, 1.807) is 12.1 Å². The van der Waals surface area contributed by atoms with Gasteiger partial charge in [0.2, 0.25) is 0 Å². The minimum absolute atomic E-state index is 0.286. The molecule has 0 aromatic heterocycles. The smallest absolute Gasteiger partial charge is 0.116 e. The normalized spacial score (nSPS) is 21.0. The lowest BCUT2D eigenvalue weighted by atomic mass is 9.86. The van der Waals surface area contributed by atoms with Crippen molar-refractivity contribution in [2.24, 2.45) is 0 Å². The predicted molar refractivity (Wildman–Crippen MR) is 97.0 cm³/mol. The molecule has 3 nitrogen and oxygen atoms in total. The third kappa shape index (κ3) is 2.77. The Hall–Kier alpha value is -2.36. The van der Waals surface area contributed by atoms with Gasteiger partial charge in [-0.2, -0.15) is 0 Å². The maximum Gasteiger partial charge on any atom is 0.116 e. The van der Waals surface area contributed by atoms with Crippen molar-refractivity contribution in [2.75, 3.05) is 13.1 Å². The van der Waals surface area contributed by atoms with Gasteiger partial charge in [0.25, 0.3) is 0 Å². The predicted octanol–water partition coefficient (Wildman–Crippen LogP) is 3.78. The zero-order chi connectivity index (χ0) is 16.6. The summed E-state index contributed by atoms with van der Waals surface area (Å²) in [4.78, 5) is 0. The van der Waals surface area contributed by atoms with Crippen LogP contribution in [0.15, 0.2) is 60.7 Å². The molecule has 0 spiro atoms. The van der Waals surface area contributed by atoms with Crippen molar-refractivity contribution in [1.82, 2.24) is 5.32 Å². The fourth-order valence-electron chi connectivity index (χ4n) is 3.52. The number of nitrogens with one attached hydrogen (secondary N) is 1. The zero-order valence-corrected chi connectivity index (χ0v) is 13.5. The van der Waals surface area contributed by atoms with E-state index in [0.29, 0.717) is 6.54 Å². The summed E-state index contributed by atoms with van der Waals surface area (Å²) in [5, 5.41) is 25.8. The number of hydrogen-bond acceptors (Lipinski definition) is 3. The second kappa shape index (κ2) is 5.93. The van der Waals surface area contributed by atoms with Crippen LogP contribution in [0.25, 0.3) is 21.9 Å². The molecule has 3 aromatic carbocycles. The van der Waals surface area contributed by atoms with Crippen LogP contribution in [-0.4, -0.2) is 23.3 Å². The highest BCUT2D eigenvalue weighted by Crippen LogP contribution is 2.31. The van der Waals surface area contributed by atoms with Crippen molar-refractivity contribution >= 4 is 10.8 Å². The molecule has 3 heteroatoms. The van der Waals surface area contributed by atoms with E-state index in [9.17, 15) is 10.2 Å². The number of rotatable bonds is 2. The second-order valence-corrected chi connectivity index (χ2v) is 6.64. The molecule has 1 saturated heterocycles.